The Morgan fingerprint density at radius 1 is 1.24 bits per heavy atom. The summed E-state index contributed by atoms with van der Waals surface area (Å²) in [4.78, 5) is 2.49. The molecule has 0 bridgehead atoms. The van der Waals surface area contributed by atoms with Gasteiger partial charge < -0.3 is 14.7 Å². The zero-order chi connectivity index (χ0) is 12.1. The van der Waals surface area contributed by atoms with Crippen LogP contribution in [0.4, 0.5) is 0 Å². The van der Waals surface area contributed by atoms with Crippen LogP contribution in [-0.4, -0.2) is 48.5 Å². The van der Waals surface area contributed by atoms with Crippen molar-refractivity contribution < 1.29 is 9.84 Å². The predicted molar refractivity (Wildman–Crippen MR) is 69.1 cm³/mol. The van der Waals surface area contributed by atoms with Gasteiger partial charge in [0.1, 0.15) is 0 Å². The van der Waals surface area contributed by atoms with Gasteiger partial charge >= 0.3 is 0 Å². The van der Waals surface area contributed by atoms with E-state index in [1.165, 1.54) is 25.7 Å². The second kappa shape index (κ2) is 6.72. The van der Waals surface area contributed by atoms with Gasteiger partial charge in [0.15, 0.2) is 0 Å². The van der Waals surface area contributed by atoms with Gasteiger partial charge in [0.2, 0.25) is 0 Å². The molecule has 1 aliphatic heterocycles. The molecule has 0 aromatic heterocycles. The predicted octanol–water partition coefficient (Wildman–Crippen LogP) is 2.04. The summed E-state index contributed by atoms with van der Waals surface area (Å²) in [6, 6.07) is 0. The first-order chi connectivity index (χ1) is 8.29. The van der Waals surface area contributed by atoms with E-state index < -0.39 is 0 Å². The Morgan fingerprint density at radius 3 is 2.71 bits per heavy atom. The molecule has 0 aromatic rings. The maximum absolute atomic E-state index is 9.82. The third kappa shape index (κ3) is 3.94. The lowest BCUT2D eigenvalue weighted by Gasteiger charge is -2.25. The van der Waals surface area contributed by atoms with E-state index in [2.05, 4.69) is 11.8 Å². The van der Waals surface area contributed by atoms with Crippen LogP contribution in [0.25, 0.3) is 0 Å². The number of rotatable bonds is 6. The van der Waals surface area contributed by atoms with Gasteiger partial charge in [-0.25, -0.2) is 0 Å². The van der Waals surface area contributed by atoms with Crippen LogP contribution in [-0.2, 0) is 4.74 Å². The number of likely N-dealkylation sites (N-methyl/N-ethyl adjacent to an activating group) is 1. The third-order valence-electron chi connectivity index (χ3n) is 4.37. The molecule has 1 N–H and O–H groups in total. The summed E-state index contributed by atoms with van der Waals surface area (Å²) < 4.78 is 5.69. The van der Waals surface area contributed by atoms with Crippen LogP contribution >= 0.6 is 0 Å². The second-order valence-corrected chi connectivity index (χ2v) is 5.58. The third-order valence-corrected chi connectivity index (χ3v) is 4.37. The molecule has 3 nitrogen and oxygen atoms in total. The Morgan fingerprint density at radius 2 is 2.12 bits per heavy atom. The molecule has 2 aliphatic rings. The molecule has 2 fully saturated rings. The van der Waals surface area contributed by atoms with Gasteiger partial charge in [-0.05, 0) is 51.1 Å². The van der Waals surface area contributed by atoms with E-state index in [4.69, 9.17) is 4.74 Å². The van der Waals surface area contributed by atoms with Crippen molar-refractivity contribution in [3.05, 3.63) is 0 Å². The average molecular weight is 241 g/mol. The number of aliphatic hydroxyl groups excluding tert-OH is 1. The van der Waals surface area contributed by atoms with Crippen molar-refractivity contribution in [2.24, 2.45) is 5.92 Å². The maximum atomic E-state index is 9.82. The molecule has 1 aliphatic carbocycles. The van der Waals surface area contributed by atoms with Crippen molar-refractivity contribution in [2.75, 3.05) is 26.2 Å². The number of hydrogen-bond acceptors (Lipinski definition) is 3. The monoisotopic (exact) mass is 241 g/mol. The minimum atomic E-state index is -0.0311. The summed E-state index contributed by atoms with van der Waals surface area (Å²) in [5.74, 6) is 0.550. The number of nitrogens with zero attached hydrogens (tertiary/aromatic N) is 1. The Labute approximate surface area is 105 Å². The molecule has 3 heteroatoms. The van der Waals surface area contributed by atoms with Gasteiger partial charge in [0.05, 0.1) is 12.2 Å². The summed E-state index contributed by atoms with van der Waals surface area (Å²) >= 11 is 0. The van der Waals surface area contributed by atoms with Gasteiger partial charge in [0, 0.05) is 13.2 Å². The highest BCUT2D eigenvalue weighted by Gasteiger charge is 2.26. The topological polar surface area (TPSA) is 32.7 Å². The van der Waals surface area contributed by atoms with E-state index in [0.717, 1.165) is 39.1 Å². The number of aliphatic hydroxyl groups is 1. The first-order valence-electron chi connectivity index (χ1n) is 7.31. The minimum absolute atomic E-state index is 0.0311. The lowest BCUT2D eigenvalue weighted by atomic mass is 10.0. The van der Waals surface area contributed by atoms with Gasteiger partial charge in [-0.1, -0.05) is 13.3 Å². The number of ether oxygens (including phenoxy) is 1. The highest BCUT2D eigenvalue weighted by molar-refractivity contribution is 4.78. The van der Waals surface area contributed by atoms with Crippen LogP contribution in [0.3, 0.4) is 0 Å². The summed E-state index contributed by atoms with van der Waals surface area (Å²) in [5.41, 5.74) is 0. The van der Waals surface area contributed by atoms with Crippen molar-refractivity contribution in [1.29, 1.82) is 0 Å². The van der Waals surface area contributed by atoms with Crippen molar-refractivity contribution in [1.82, 2.24) is 4.90 Å². The van der Waals surface area contributed by atoms with Crippen molar-refractivity contribution in [2.45, 2.75) is 57.7 Å². The van der Waals surface area contributed by atoms with Crippen molar-refractivity contribution in [3.8, 4) is 0 Å². The summed E-state index contributed by atoms with van der Waals surface area (Å²) in [5, 5.41) is 9.82. The van der Waals surface area contributed by atoms with E-state index in [1.807, 2.05) is 0 Å². The molecular weight excluding hydrogens is 214 g/mol. The smallest absolute Gasteiger partial charge is 0.0702 e. The summed E-state index contributed by atoms with van der Waals surface area (Å²) in [6.45, 7) is 6.48. The summed E-state index contributed by atoms with van der Waals surface area (Å²) in [6.07, 6.45) is 7.48. The van der Waals surface area contributed by atoms with E-state index >= 15 is 0 Å². The Balaban J connectivity index is 1.67. The van der Waals surface area contributed by atoms with Gasteiger partial charge in [0.25, 0.3) is 0 Å². The zero-order valence-corrected chi connectivity index (χ0v) is 11.1. The van der Waals surface area contributed by atoms with Crippen LogP contribution in [0.1, 0.15) is 45.4 Å². The van der Waals surface area contributed by atoms with Crippen molar-refractivity contribution in [3.63, 3.8) is 0 Å². The molecule has 1 heterocycles. The summed E-state index contributed by atoms with van der Waals surface area (Å²) in [7, 11) is 0. The highest BCUT2D eigenvalue weighted by atomic mass is 16.5. The molecule has 100 valence electrons. The normalized spacial score (nSPS) is 33.7. The molecule has 1 saturated heterocycles. The maximum Gasteiger partial charge on any atom is 0.0702 e. The highest BCUT2D eigenvalue weighted by Crippen LogP contribution is 2.28. The van der Waals surface area contributed by atoms with E-state index in [0.29, 0.717) is 12.0 Å². The van der Waals surface area contributed by atoms with Gasteiger partial charge in [-0.3, -0.25) is 0 Å². The largest absolute Gasteiger partial charge is 0.393 e. The molecule has 3 atom stereocenters. The Hall–Kier alpha value is -0.120. The van der Waals surface area contributed by atoms with Crippen LogP contribution in [0.2, 0.25) is 0 Å². The fourth-order valence-electron chi connectivity index (χ4n) is 3.16. The zero-order valence-electron chi connectivity index (χ0n) is 11.1. The van der Waals surface area contributed by atoms with E-state index in [9.17, 15) is 5.11 Å². The SMILES string of the molecule is CCN(CCC1CCCC1O)CC1CCCO1. The molecule has 3 unspecified atom stereocenters. The molecule has 0 aromatic carbocycles. The molecule has 1 saturated carbocycles. The lowest BCUT2D eigenvalue weighted by Crippen LogP contribution is -2.34. The van der Waals surface area contributed by atoms with Crippen molar-refractivity contribution >= 4 is 0 Å². The van der Waals surface area contributed by atoms with Gasteiger partial charge in [-0.15, -0.1) is 0 Å². The minimum Gasteiger partial charge on any atom is -0.393 e. The Kier molecular flexibility index (Phi) is 5.26. The molecule has 17 heavy (non-hydrogen) atoms. The van der Waals surface area contributed by atoms with Crippen LogP contribution in [0, 0.1) is 5.92 Å². The molecule has 0 amide bonds. The first-order valence-corrected chi connectivity index (χ1v) is 7.31. The van der Waals surface area contributed by atoms with E-state index in [1.54, 1.807) is 0 Å². The quantitative estimate of drug-likeness (QED) is 0.772. The fraction of sp³-hybridized carbons (Fsp3) is 1.00. The molecule has 0 spiro atoms. The molecule has 0 radical (unpaired) electrons. The van der Waals surface area contributed by atoms with E-state index in [-0.39, 0.29) is 6.10 Å². The first kappa shape index (κ1) is 13.3. The fourth-order valence-corrected chi connectivity index (χ4v) is 3.16. The van der Waals surface area contributed by atoms with Crippen LogP contribution < -0.4 is 0 Å². The second-order valence-electron chi connectivity index (χ2n) is 5.58. The Bertz CT molecular complexity index is 216. The van der Waals surface area contributed by atoms with Crippen LogP contribution in [0.5, 0.6) is 0 Å². The lowest BCUT2D eigenvalue weighted by molar-refractivity contribution is 0.0676. The van der Waals surface area contributed by atoms with Crippen LogP contribution in [0.15, 0.2) is 0 Å². The van der Waals surface area contributed by atoms with Gasteiger partial charge in [-0.2, -0.15) is 0 Å². The molecule has 2 rings (SSSR count). The molecular formula is C14H27NO2. The standard InChI is InChI=1S/C14H27NO2/c1-2-15(11-13-6-4-10-17-13)9-8-12-5-3-7-14(12)16/h12-14,16H,2-11H2,1H3. The number of hydrogen-bond donors (Lipinski definition) is 1. The average Bonchev–Trinajstić information content (AvgIpc) is 2.96.